The molecule has 1 aliphatic heterocycles. The van der Waals surface area contributed by atoms with Crippen LogP contribution in [0.5, 0.6) is 5.88 Å². The average Bonchev–Trinajstić information content (AvgIpc) is 2.31. The summed E-state index contributed by atoms with van der Waals surface area (Å²) < 4.78 is 5.04. The number of rotatable bonds is 3. The van der Waals surface area contributed by atoms with Gasteiger partial charge in [0.1, 0.15) is 0 Å². The van der Waals surface area contributed by atoms with Gasteiger partial charge in [0.05, 0.1) is 7.11 Å². The van der Waals surface area contributed by atoms with Crippen LogP contribution in [-0.4, -0.2) is 25.2 Å². The Morgan fingerprint density at radius 1 is 1.40 bits per heavy atom. The lowest BCUT2D eigenvalue weighted by atomic mass is 9.92. The maximum atomic E-state index is 5.04. The fourth-order valence-corrected chi connectivity index (χ4v) is 2.07. The van der Waals surface area contributed by atoms with Gasteiger partial charge in [-0.3, -0.25) is 0 Å². The van der Waals surface area contributed by atoms with Gasteiger partial charge < -0.3 is 10.1 Å². The molecule has 15 heavy (non-hydrogen) atoms. The minimum atomic E-state index is 0.698. The summed E-state index contributed by atoms with van der Waals surface area (Å²) >= 11 is 0. The predicted molar refractivity (Wildman–Crippen MR) is 60.1 cm³/mol. The number of methoxy groups -OCH3 is 1. The Balaban J connectivity index is 1.91. The van der Waals surface area contributed by atoms with Crippen molar-refractivity contribution in [3.63, 3.8) is 0 Å². The SMILES string of the molecule is COc1ccc(CC2CCNCC2)cn1. The molecule has 2 rings (SSSR count). The van der Waals surface area contributed by atoms with E-state index in [-0.39, 0.29) is 0 Å². The molecule has 1 saturated heterocycles. The second-order valence-electron chi connectivity index (χ2n) is 4.11. The van der Waals surface area contributed by atoms with Gasteiger partial charge in [0.25, 0.3) is 0 Å². The van der Waals surface area contributed by atoms with E-state index >= 15 is 0 Å². The van der Waals surface area contributed by atoms with Crippen LogP contribution in [0.15, 0.2) is 18.3 Å². The molecule has 0 aromatic carbocycles. The topological polar surface area (TPSA) is 34.1 Å². The summed E-state index contributed by atoms with van der Waals surface area (Å²) in [5.74, 6) is 1.52. The van der Waals surface area contributed by atoms with E-state index in [1.54, 1.807) is 7.11 Å². The first kappa shape index (κ1) is 10.4. The Kier molecular flexibility index (Phi) is 3.56. The first-order valence-corrected chi connectivity index (χ1v) is 5.58. The second-order valence-corrected chi connectivity index (χ2v) is 4.11. The van der Waals surface area contributed by atoms with E-state index in [0.717, 1.165) is 25.4 Å². The van der Waals surface area contributed by atoms with Crippen LogP contribution in [-0.2, 0) is 6.42 Å². The summed E-state index contributed by atoms with van der Waals surface area (Å²) in [4.78, 5) is 4.22. The lowest BCUT2D eigenvalue weighted by Crippen LogP contribution is -2.28. The number of pyridine rings is 1. The number of nitrogens with one attached hydrogen (secondary N) is 1. The highest BCUT2D eigenvalue weighted by Gasteiger charge is 2.13. The fraction of sp³-hybridized carbons (Fsp3) is 0.583. The van der Waals surface area contributed by atoms with Crippen molar-refractivity contribution < 1.29 is 4.74 Å². The van der Waals surface area contributed by atoms with Gasteiger partial charge >= 0.3 is 0 Å². The Labute approximate surface area is 90.9 Å². The van der Waals surface area contributed by atoms with Crippen LogP contribution < -0.4 is 10.1 Å². The Morgan fingerprint density at radius 2 is 2.20 bits per heavy atom. The largest absolute Gasteiger partial charge is 0.481 e. The lowest BCUT2D eigenvalue weighted by Gasteiger charge is -2.22. The number of aromatic nitrogens is 1. The van der Waals surface area contributed by atoms with Crippen LogP contribution >= 0.6 is 0 Å². The molecule has 3 nitrogen and oxygen atoms in total. The van der Waals surface area contributed by atoms with E-state index in [0.29, 0.717) is 5.88 Å². The molecule has 0 unspecified atom stereocenters. The quantitative estimate of drug-likeness (QED) is 0.816. The Morgan fingerprint density at radius 3 is 2.80 bits per heavy atom. The second kappa shape index (κ2) is 5.12. The zero-order valence-electron chi connectivity index (χ0n) is 9.20. The van der Waals surface area contributed by atoms with Crippen LogP contribution in [0.4, 0.5) is 0 Å². The van der Waals surface area contributed by atoms with Crippen LogP contribution in [0.2, 0.25) is 0 Å². The van der Waals surface area contributed by atoms with Gasteiger partial charge in [-0.1, -0.05) is 6.07 Å². The monoisotopic (exact) mass is 206 g/mol. The number of hydrogen-bond acceptors (Lipinski definition) is 3. The van der Waals surface area contributed by atoms with Crippen molar-refractivity contribution in [2.75, 3.05) is 20.2 Å². The van der Waals surface area contributed by atoms with Crippen molar-refractivity contribution in [1.29, 1.82) is 0 Å². The van der Waals surface area contributed by atoms with Crippen molar-refractivity contribution in [2.45, 2.75) is 19.3 Å². The number of ether oxygens (including phenoxy) is 1. The Hall–Kier alpha value is -1.09. The zero-order valence-corrected chi connectivity index (χ0v) is 9.20. The van der Waals surface area contributed by atoms with Crippen LogP contribution in [0.3, 0.4) is 0 Å². The zero-order chi connectivity index (χ0) is 10.5. The van der Waals surface area contributed by atoms with Gasteiger partial charge in [-0.2, -0.15) is 0 Å². The molecule has 0 amide bonds. The van der Waals surface area contributed by atoms with Crippen molar-refractivity contribution in [1.82, 2.24) is 10.3 Å². The molecule has 0 aliphatic carbocycles. The van der Waals surface area contributed by atoms with E-state index in [1.165, 1.54) is 18.4 Å². The average molecular weight is 206 g/mol. The summed E-state index contributed by atoms with van der Waals surface area (Å²) in [5, 5.41) is 3.38. The molecule has 0 saturated carbocycles. The number of nitrogens with zero attached hydrogens (tertiary/aromatic N) is 1. The van der Waals surface area contributed by atoms with Crippen molar-refractivity contribution >= 4 is 0 Å². The van der Waals surface area contributed by atoms with Crippen molar-refractivity contribution in [3.05, 3.63) is 23.9 Å². The summed E-state index contributed by atoms with van der Waals surface area (Å²) in [5.41, 5.74) is 1.32. The third-order valence-electron chi connectivity index (χ3n) is 2.99. The normalized spacial score (nSPS) is 17.7. The first-order chi connectivity index (χ1) is 7.38. The molecule has 0 spiro atoms. The van der Waals surface area contributed by atoms with Gasteiger partial charge in [-0.25, -0.2) is 4.98 Å². The van der Waals surface area contributed by atoms with Gasteiger partial charge in [0.15, 0.2) is 0 Å². The molecular formula is C12H18N2O. The maximum absolute atomic E-state index is 5.04. The van der Waals surface area contributed by atoms with Gasteiger partial charge in [-0.05, 0) is 43.8 Å². The maximum Gasteiger partial charge on any atom is 0.212 e. The molecule has 1 fully saturated rings. The third-order valence-corrected chi connectivity index (χ3v) is 2.99. The van der Waals surface area contributed by atoms with Crippen molar-refractivity contribution in [2.24, 2.45) is 5.92 Å². The molecule has 1 aliphatic rings. The van der Waals surface area contributed by atoms with E-state index in [4.69, 9.17) is 4.74 Å². The smallest absolute Gasteiger partial charge is 0.212 e. The predicted octanol–water partition coefficient (Wildman–Crippen LogP) is 1.63. The molecule has 1 aromatic heterocycles. The van der Waals surface area contributed by atoms with Crippen LogP contribution in [0.25, 0.3) is 0 Å². The summed E-state index contributed by atoms with van der Waals surface area (Å²) in [6, 6.07) is 4.06. The molecule has 0 radical (unpaired) electrons. The van der Waals surface area contributed by atoms with Gasteiger partial charge in [0.2, 0.25) is 5.88 Å². The number of piperidine rings is 1. The lowest BCUT2D eigenvalue weighted by molar-refractivity contribution is 0.371. The van der Waals surface area contributed by atoms with Crippen LogP contribution in [0, 0.1) is 5.92 Å². The van der Waals surface area contributed by atoms with Crippen molar-refractivity contribution in [3.8, 4) is 5.88 Å². The highest BCUT2D eigenvalue weighted by Crippen LogP contribution is 2.18. The van der Waals surface area contributed by atoms with Gasteiger partial charge in [0, 0.05) is 12.3 Å². The molecule has 0 bridgehead atoms. The summed E-state index contributed by atoms with van der Waals surface area (Å²) in [6.45, 7) is 2.32. The first-order valence-electron chi connectivity index (χ1n) is 5.58. The number of hydrogen-bond donors (Lipinski definition) is 1. The highest BCUT2D eigenvalue weighted by molar-refractivity contribution is 5.18. The van der Waals surface area contributed by atoms with E-state index < -0.39 is 0 Å². The van der Waals surface area contributed by atoms with E-state index in [2.05, 4.69) is 16.4 Å². The highest BCUT2D eigenvalue weighted by atomic mass is 16.5. The standard InChI is InChI=1S/C12H18N2O/c1-15-12-3-2-11(9-14-12)8-10-4-6-13-7-5-10/h2-3,9-10,13H,4-8H2,1H3. The molecule has 1 aromatic rings. The molecular weight excluding hydrogens is 188 g/mol. The summed E-state index contributed by atoms with van der Waals surface area (Å²) in [6.07, 6.45) is 5.65. The fourth-order valence-electron chi connectivity index (χ4n) is 2.07. The molecule has 2 heterocycles. The third kappa shape index (κ3) is 2.93. The van der Waals surface area contributed by atoms with E-state index in [9.17, 15) is 0 Å². The Bertz CT molecular complexity index is 291. The van der Waals surface area contributed by atoms with Gasteiger partial charge in [-0.15, -0.1) is 0 Å². The molecule has 82 valence electrons. The molecule has 1 N–H and O–H groups in total. The molecule has 0 atom stereocenters. The minimum absolute atomic E-state index is 0.698. The minimum Gasteiger partial charge on any atom is -0.481 e. The summed E-state index contributed by atoms with van der Waals surface area (Å²) in [7, 11) is 1.65. The van der Waals surface area contributed by atoms with Crippen LogP contribution in [0.1, 0.15) is 18.4 Å². The molecule has 3 heteroatoms. The van der Waals surface area contributed by atoms with E-state index in [1.807, 2.05) is 12.3 Å².